The van der Waals surface area contributed by atoms with Crippen molar-refractivity contribution in [2.75, 3.05) is 19.3 Å². The van der Waals surface area contributed by atoms with Gasteiger partial charge in [-0.25, -0.2) is 13.4 Å². The maximum Gasteiger partial charge on any atom is 0.265 e. The van der Waals surface area contributed by atoms with Crippen LogP contribution in [-0.2, 0) is 9.84 Å². The van der Waals surface area contributed by atoms with Crippen molar-refractivity contribution in [2.24, 2.45) is 0 Å². The van der Waals surface area contributed by atoms with Gasteiger partial charge >= 0.3 is 0 Å². The van der Waals surface area contributed by atoms with Crippen molar-refractivity contribution in [1.82, 2.24) is 20.1 Å². The number of rotatable bonds is 3. The first-order valence-electron chi connectivity index (χ1n) is 7.30. The van der Waals surface area contributed by atoms with Crippen LogP contribution in [0.3, 0.4) is 0 Å². The predicted molar refractivity (Wildman–Crippen MR) is 86.4 cm³/mol. The van der Waals surface area contributed by atoms with E-state index in [-0.39, 0.29) is 16.7 Å². The van der Waals surface area contributed by atoms with Gasteiger partial charge in [0.1, 0.15) is 9.77 Å². The average Bonchev–Trinajstić information content (AvgIpc) is 3.15. The zero-order valence-electron chi connectivity index (χ0n) is 12.9. The highest BCUT2D eigenvalue weighted by Gasteiger charge is 2.30. The number of carbonyl (C=O) groups is 1. The molecule has 1 aliphatic rings. The van der Waals surface area contributed by atoms with Crippen molar-refractivity contribution in [3.63, 3.8) is 0 Å². The lowest BCUT2D eigenvalue weighted by Crippen LogP contribution is -2.39. The molecule has 2 aromatic rings. The Bertz CT molecular complexity index is 825. The minimum absolute atomic E-state index is 0.0323. The van der Waals surface area contributed by atoms with Crippen molar-refractivity contribution in [2.45, 2.75) is 30.6 Å². The van der Waals surface area contributed by atoms with Crippen molar-refractivity contribution in [3.05, 3.63) is 28.0 Å². The molecule has 1 fully saturated rings. The van der Waals surface area contributed by atoms with Gasteiger partial charge in [-0.2, -0.15) is 5.10 Å². The van der Waals surface area contributed by atoms with E-state index in [1.54, 1.807) is 10.4 Å². The lowest BCUT2D eigenvalue weighted by Gasteiger charge is -2.32. The summed E-state index contributed by atoms with van der Waals surface area (Å²) in [5.74, 6) is -0.0803. The molecular weight excluding hydrogens is 336 g/mol. The second-order valence-electron chi connectivity index (χ2n) is 5.78. The van der Waals surface area contributed by atoms with Crippen LogP contribution in [-0.4, -0.2) is 53.8 Å². The molecule has 3 heterocycles. The molecule has 0 aromatic carbocycles. The summed E-state index contributed by atoms with van der Waals surface area (Å²) in [6.45, 7) is 2.98. The summed E-state index contributed by atoms with van der Waals surface area (Å²) in [5.41, 5.74) is 3.01. The van der Waals surface area contributed by atoms with E-state index in [9.17, 15) is 13.2 Å². The molecule has 9 heteroatoms. The van der Waals surface area contributed by atoms with E-state index in [0.717, 1.165) is 18.5 Å². The van der Waals surface area contributed by atoms with Crippen LogP contribution >= 0.6 is 11.3 Å². The minimum atomic E-state index is -3.33. The molecule has 124 valence electrons. The number of sulfone groups is 1. The number of piperidine rings is 1. The highest BCUT2D eigenvalue weighted by molar-refractivity contribution is 7.90. The zero-order chi connectivity index (χ0) is 16.6. The number of H-pyrrole nitrogens is 1. The van der Waals surface area contributed by atoms with Crippen LogP contribution in [0.5, 0.6) is 0 Å². The van der Waals surface area contributed by atoms with Gasteiger partial charge in [0.05, 0.1) is 23.1 Å². The number of carbonyl (C=O) groups excluding carboxylic acids is 1. The molecule has 0 unspecified atom stereocenters. The van der Waals surface area contributed by atoms with Crippen LogP contribution in [0.25, 0.3) is 0 Å². The number of amides is 1. The number of hydrogen-bond acceptors (Lipinski definition) is 6. The standard InChI is InChI=1S/C14H18N4O3S2/c1-9-13(22-8-15-9)14(19)18-5-3-4-10(7-18)12-11(6-16-17-12)23(2,20)21/h6,8,10H,3-5,7H2,1-2H3,(H,16,17)/t10-/m0/s1. The Morgan fingerprint density at radius 2 is 2.26 bits per heavy atom. The topological polar surface area (TPSA) is 96.0 Å². The molecule has 3 rings (SSSR count). The van der Waals surface area contributed by atoms with E-state index in [2.05, 4.69) is 15.2 Å². The van der Waals surface area contributed by atoms with Gasteiger partial charge in [0.15, 0.2) is 9.84 Å². The van der Waals surface area contributed by atoms with E-state index in [1.165, 1.54) is 23.8 Å². The highest BCUT2D eigenvalue weighted by Crippen LogP contribution is 2.31. The average molecular weight is 354 g/mol. The summed E-state index contributed by atoms with van der Waals surface area (Å²) in [6, 6.07) is 0. The lowest BCUT2D eigenvalue weighted by molar-refractivity contribution is 0.0709. The van der Waals surface area contributed by atoms with Crippen LogP contribution in [0.15, 0.2) is 16.6 Å². The second kappa shape index (κ2) is 6.04. The molecule has 1 atom stereocenters. The fourth-order valence-electron chi connectivity index (χ4n) is 2.92. The van der Waals surface area contributed by atoms with Crippen LogP contribution in [0, 0.1) is 6.92 Å². The van der Waals surface area contributed by atoms with E-state index in [4.69, 9.17) is 0 Å². The summed E-state index contributed by atoms with van der Waals surface area (Å²) < 4.78 is 23.7. The lowest BCUT2D eigenvalue weighted by atomic mass is 9.94. The van der Waals surface area contributed by atoms with Gasteiger partial charge in [0.25, 0.3) is 5.91 Å². The predicted octanol–water partition coefficient (Wildman–Crippen LogP) is 1.60. The third kappa shape index (κ3) is 3.16. The van der Waals surface area contributed by atoms with E-state index < -0.39 is 9.84 Å². The van der Waals surface area contributed by atoms with Gasteiger partial charge < -0.3 is 4.90 Å². The molecule has 7 nitrogen and oxygen atoms in total. The number of aromatic nitrogens is 3. The zero-order valence-corrected chi connectivity index (χ0v) is 14.6. The number of aryl methyl sites for hydroxylation is 1. The van der Waals surface area contributed by atoms with Gasteiger partial charge in [0.2, 0.25) is 0 Å². The largest absolute Gasteiger partial charge is 0.337 e. The number of likely N-dealkylation sites (tertiary alicyclic amines) is 1. The van der Waals surface area contributed by atoms with Crippen molar-refractivity contribution < 1.29 is 13.2 Å². The van der Waals surface area contributed by atoms with Crippen LogP contribution < -0.4 is 0 Å². The van der Waals surface area contributed by atoms with E-state index in [0.29, 0.717) is 23.7 Å². The maximum absolute atomic E-state index is 12.6. The number of nitrogens with zero attached hydrogens (tertiary/aromatic N) is 3. The molecule has 0 aliphatic carbocycles. The summed E-state index contributed by atoms with van der Waals surface area (Å²) in [5, 5.41) is 6.69. The molecule has 0 radical (unpaired) electrons. The van der Waals surface area contributed by atoms with Crippen LogP contribution in [0.1, 0.15) is 39.8 Å². The van der Waals surface area contributed by atoms with Crippen LogP contribution in [0.4, 0.5) is 0 Å². The summed E-state index contributed by atoms with van der Waals surface area (Å²) in [6.07, 6.45) is 4.18. The Balaban J connectivity index is 1.84. The van der Waals surface area contributed by atoms with Gasteiger partial charge in [0, 0.05) is 25.3 Å². The minimum Gasteiger partial charge on any atom is -0.337 e. The molecular formula is C14H18N4O3S2. The normalized spacial score (nSPS) is 19.0. The van der Waals surface area contributed by atoms with Crippen molar-refractivity contribution >= 4 is 27.1 Å². The third-order valence-electron chi connectivity index (χ3n) is 4.09. The molecule has 0 saturated carbocycles. The van der Waals surface area contributed by atoms with Gasteiger partial charge in [-0.1, -0.05) is 0 Å². The number of hydrogen-bond donors (Lipinski definition) is 1. The molecule has 2 aromatic heterocycles. The highest BCUT2D eigenvalue weighted by atomic mass is 32.2. The molecule has 1 N–H and O–H groups in total. The first-order chi connectivity index (χ1) is 10.9. The van der Waals surface area contributed by atoms with Crippen molar-refractivity contribution in [3.8, 4) is 0 Å². The fraction of sp³-hybridized carbons (Fsp3) is 0.500. The molecule has 23 heavy (non-hydrogen) atoms. The second-order valence-corrected chi connectivity index (χ2v) is 8.62. The Morgan fingerprint density at radius 3 is 2.91 bits per heavy atom. The van der Waals surface area contributed by atoms with Gasteiger partial charge in [-0.3, -0.25) is 9.89 Å². The maximum atomic E-state index is 12.6. The van der Waals surface area contributed by atoms with E-state index >= 15 is 0 Å². The first-order valence-corrected chi connectivity index (χ1v) is 10.1. The Labute approximate surface area is 138 Å². The molecule has 0 spiro atoms. The first kappa shape index (κ1) is 16.1. The SMILES string of the molecule is Cc1ncsc1C(=O)N1CCC[C@H](c2[nH]ncc2S(C)(=O)=O)C1. The monoisotopic (exact) mass is 354 g/mol. The quantitative estimate of drug-likeness (QED) is 0.903. The fourth-order valence-corrected chi connectivity index (χ4v) is 4.55. The molecule has 1 saturated heterocycles. The number of thiazole rings is 1. The number of aromatic amines is 1. The Kier molecular flexibility index (Phi) is 4.24. The molecule has 0 bridgehead atoms. The summed E-state index contributed by atoms with van der Waals surface area (Å²) >= 11 is 1.34. The summed E-state index contributed by atoms with van der Waals surface area (Å²) in [7, 11) is -3.33. The Morgan fingerprint density at radius 1 is 1.48 bits per heavy atom. The Hall–Kier alpha value is -1.74. The third-order valence-corrected chi connectivity index (χ3v) is 6.13. The van der Waals surface area contributed by atoms with Gasteiger partial charge in [-0.05, 0) is 19.8 Å². The molecule has 1 aliphatic heterocycles. The number of nitrogens with one attached hydrogen (secondary N) is 1. The van der Waals surface area contributed by atoms with Crippen LogP contribution in [0.2, 0.25) is 0 Å². The van der Waals surface area contributed by atoms with E-state index in [1.807, 2.05) is 6.92 Å². The van der Waals surface area contributed by atoms with Gasteiger partial charge in [-0.15, -0.1) is 11.3 Å². The molecule has 1 amide bonds. The van der Waals surface area contributed by atoms with Crippen molar-refractivity contribution in [1.29, 1.82) is 0 Å². The summed E-state index contributed by atoms with van der Waals surface area (Å²) in [4.78, 5) is 19.4. The smallest absolute Gasteiger partial charge is 0.265 e.